The molecule has 3 aliphatic carbocycles. The van der Waals surface area contributed by atoms with Crippen molar-refractivity contribution in [2.75, 3.05) is 0 Å². The molecule has 0 aliphatic heterocycles. The van der Waals surface area contributed by atoms with E-state index >= 15 is 0 Å². The van der Waals surface area contributed by atoms with E-state index in [1.165, 1.54) is 6.42 Å². The zero-order valence-corrected chi connectivity index (χ0v) is 5.38. The van der Waals surface area contributed by atoms with Gasteiger partial charge in [-0.2, -0.15) is 0 Å². The van der Waals surface area contributed by atoms with Gasteiger partial charge in [-0.3, -0.25) is 0 Å². The largest absolute Gasteiger partial charge is 0.0992 e. The molecule has 2 saturated carbocycles. The third-order valence-corrected chi connectivity index (χ3v) is 3.21. The van der Waals surface area contributed by atoms with Gasteiger partial charge in [-0.15, -0.1) is 0 Å². The molecule has 3 aliphatic rings. The van der Waals surface area contributed by atoms with Crippen molar-refractivity contribution in [3.8, 4) is 0 Å². The Balaban J connectivity index is 2.11. The minimum atomic E-state index is 0.910. The number of hydrogen-bond donors (Lipinski definition) is 0. The lowest BCUT2D eigenvalue weighted by atomic mass is 10.1. The van der Waals surface area contributed by atoms with Crippen LogP contribution in [0.25, 0.3) is 0 Å². The Morgan fingerprint density at radius 1 is 1.22 bits per heavy atom. The molecule has 0 aromatic rings. The molecule has 0 N–H and O–H groups in total. The molecule has 2 bridgehead atoms. The molecule has 0 radical (unpaired) electrons. The molecule has 0 aromatic carbocycles. The van der Waals surface area contributed by atoms with Crippen LogP contribution in [0.5, 0.6) is 0 Å². The Bertz CT molecular complexity index is 188. The van der Waals surface area contributed by atoms with Crippen molar-refractivity contribution in [3.05, 3.63) is 24.3 Å². The topological polar surface area (TPSA) is 0 Å². The number of allylic oxidation sites excluding steroid dienone is 3. The summed E-state index contributed by atoms with van der Waals surface area (Å²) in [5.41, 5.74) is 1.54. The zero-order valence-electron chi connectivity index (χ0n) is 5.38. The van der Waals surface area contributed by atoms with Gasteiger partial charge in [0.2, 0.25) is 0 Å². The van der Waals surface area contributed by atoms with Crippen molar-refractivity contribution < 1.29 is 0 Å². The van der Waals surface area contributed by atoms with Crippen LogP contribution in [-0.2, 0) is 0 Å². The molecule has 0 spiro atoms. The normalized spacial score (nSPS) is 58.4. The van der Waals surface area contributed by atoms with Crippen molar-refractivity contribution in [1.82, 2.24) is 0 Å². The lowest BCUT2D eigenvalue weighted by Gasteiger charge is -1.99. The van der Waals surface area contributed by atoms with E-state index in [9.17, 15) is 0 Å². The molecule has 9 heavy (non-hydrogen) atoms. The van der Waals surface area contributed by atoms with Crippen LogP contribution in [0.2, 0.25) is 0 Å². The fourth-order valence-electron chi connectivity index (χ4n) is 2.73. The van der Waals surface area contributed by atoms with E-state index in [2.05, 4.69) is 18.7 Å². The predicted octanol–water partition coefficient (Wildman–Crippen LogP) is 1.99. The highest BCUT2D eigenvalue weighted by Gasteiger charge is 2.58. The molecule has 46 valence electrons. The minimum absolute atomic E-state index is 0.910. The molecule has 0 saturated heterocycles. The Kier molecular flexibility index (Phi) is 0.493. The molecular formula is C9H10. The highest BCUT2D eigenvalue weighted by molar-refractivity contribution is 5.39. The predicted molar refractivity (Wildman–Crippen MR) is 36.9 cm³/mol. The average Bonchev–Trinajstić information content (AvgIpc) is 2.29. The molecule has 0 heterocycles. The van der Waals surface area contributed by atoms with Crippen LogP contribution < -0.4 is 0 Å². The van der Waals surface area contributed by atoms with E-state index in [4.69, 9.17) is 0 Å². The Hall–Kier alpha value is -0.520. The molecule has 0 nitrogen and oxygen atoms in total. The van der Waals surface area contributed by atoms with Gasteiger partial charge in [0, 0.05) is 0 Å². The van der Waals surface area contributed by atoms with Gasteiger partial charge in [-0.1, -0.05) is 24.3 Å². The molecule has 4 atom stereocenters. The number of fused-ring (bicyclic) bond motifs is 5. The maximum Gasteiger partial charge on any atom is -0.00682 e. The number of rotatable bonds is 0. The Labute approximate surface area is 55.3 Å². The summed E-state index contributed by atoms with van der Waals surface area (Å²) < 4.78 is 0. The molecule has 0 aromatic heterocycles. The van der Waals surface area contributed by atoms with Gasteiger partial charge in [0.15, 0.2) is 0 Å². The van der Waals surface area contributed by atoms with Crippen LogP contribution in [0, 0.1) is 23.7 Å². The standard InChI is InChI=1S/C9H10/c1-5-8-6-2-3-7(4-6)9(5)8/h2-3,6-9H,1,4H2. The third-order valence-electron chi connectivity index (χ3n) is 3.21. The van der Waals surface area contributed by atoms with E-state index in [0.29, 0.717) is 0 Å². The summed E-state index contributed by atoms with van der Waals surface area (Å²) in [6.45, 7) is 4.05. The Morgan fingerprint density at radius 2 is 1.78 bits per heavy atom. The second-order valence-electron chi connectivity index (χ2n) is 3.57. The van der Waals surface area contributed by atoms with Gasteiger partial charge >= 0.3 is 0 Å². The highest BCUT2D eigenvalue weighted by atomic mass is 14.6. The van der Waals surface area contributed by atoms with Crippen molar-refractivity contribution in [3.63, 3.8) is 0 Å². The first-order valence-corrected chi connectivity index (χ1v) is 3.75. The SMILES string of the molecule is C=C1C2C3C=CC(C3)C12. The summed E-state index contributed by atoms with van der Waals surface area (Å²) in [4.78, 5) is 0. The van der Waals surface area contributed by atoms with Gasteiger partial charge in [-0.05, 0) is 30.1 Å². The lowest BCUT2D eigenvalue weighted by molar-refractivity contribution is 0.617. The lowest BCUT2D eigenvalue weighted by Crippen LogP contribution is -1.90. The Morgan fingerprint density at radius 3 is 2.22 bits per heavy atom. The quantitative estimate of drug-likeness (QED) is 0.427. The van der Waals surface area contributed by atoms with E-state index in [-0.39, 0.29) is 0 Å². The summed E-state index contributed by atoms with van der Waals surface area (Å²) in [5, 5.41) is 0. The average molecular weight is 118 g/mol. The van der Waals surface area contributed by atoms with Crippen LogP contribution in [0.3, 0.4) is 0 Å². The zero-order chi connectivity index (χ0) is 6.01. The van der Waals surface area contributed by atoms with Crippen LogP contribution in [0.15, 0.2) is 24.3 Å². The van der Waals surface area contributed by atoms with Crippen molar-refractivity contribution in [2.45, 2.75) is 6.42 Å². The first-order chi connectivity index (χ1) is 4.38. The summed E-state index contributed by atoms with van der Waals surface area (Å²) >= 11 is 0. The summed E-state index contributed by atoms with van der Waals surface area (Å²) in [5.74, 6) is 3.68. The maximum absolute atomic E-state index is 4.05. The maximum atomic E-state index is 4.05. The fourth-order valence-corrected chi connectivity index (χ4v) is 2.73. The summed E-state index contributed by atoms with van der Waals surface area (Å²) in [6, 6.07) is 0. The fraction of sp³-hybridized carbons (Fsp3) is 0.556. The van der Waals surface area contributed by atoms with Crippen LogP contribution >= 0.6 is 0 Å². The van der Waals surface area contributed by atoms with E-state index in [1.54, 1.807) is 5.57 Å². The third kappa shape index (κ3) is 0.320. The van der Waals surface area contributed by atoms with Gasteiger partial charge < -0.3 is 0 Å². The summed E-state index contributed by atoms with van der Waals surface area (Å²) in [6.07, 6.45) is 6.22. The van der Waals surface area contributed by atoms with E-state index < -0.39 is 0 Å². The highest BCUT2D eigenvalue weighted by Crippen LogP contribution is 2.65. The molecule has 4 unspecified atom stereocenters. The van der Waals surface area contributed by atoms with Crippen molar-refractivity contribution >= 4 is 0 Å². The van der Waals surface area contributed by atoms with Crippen LogP contribution in [0.4, 0.5) is 0 Å². The minimum Gasteiger partial charge on any atom is -0.0992 e. The van der Waals surface area contributed by atoms with Gasteiger partial charge in [0.1, 0.15) is 0 Å². The number of hydrogen-bond acceptors (Lipinski definition) is 0. The smallest absolute Gasteiger partial charge is 0.00682 e. The second-order valence-corrected chi connectivity index (χ2v) is 3.57. The monoisotopic (exact) mass is 118 g/mol. The van der Waals surface area contributed by atoms with E-state index in [1.807, 2.05) is 0 Å². The van der Waals surface area contributed by atoms with Gasteiger partial charge in [0.25, 0.3) is 0 Å². The molecule has 0 heteroatoms. The van der Waals surface area contributed by atoms with E-state index in [0.717, 1.165) is 23.7 Å². The second kappa shape index (κ2) is 1.03. The van der Waals surface area contributed by atoms with Crippen molar-refractivity contribution in [2.24, 2.45) is 23.7 Å². The van der Waals surface area contributed by atoms with Crippen LogP contribution in [0.1, 0.15) is 6.42 Å². The van der Waals surface area contributed by atoms with Gasteiger partial charge in [-0.25, -0.2) is 0 Å². The van der Waals surface area contributed by atoms with Gasteiger partial charge in [0.05, 0.1) is 0 Å². The molecular weight excluding hydrogens is 108 g/mol. The molecule has 3 rings (SSSR count). The first-order valence-electron chi connectivity index (χ1n) is 3.75. The first kappa shape index (κ1) is 4.32. The van der Waals surface area contributed by atoms with Crippen molar-refractivity contribution in [1.29, 1.82) is 0 Å². The molecule has 0 amide bonds. The summed E-state index contributed by atoms with van der Waals surface area (Å²) in [7, 11) is 0. The van der Waals surface area contributed by atoms with Crippen LogP contribution in [-0.4, -0.2) is 0 Å². The molecule has 2 fully saturated rings.